The highest BCUT2D eigenvalue weighted by atomic mass is 16.3. The summed E-state index contributed by atoms with van der Waals surface area (Å²) in [6.07, 6.45) is 15.3. The molecule has 0 bridgehead atoms. The van der Waals surface area contributed by atoms with E-state index in [4.69, 9.17) is 17.7 Å². The van der Waals surface area contributed by atoms with Crippen molar-refractivity contribution in [1.82, 2.24) is 0 Å². The lowest BCUT2D eigenvalue weighted by molar-refractivity contribution is 0.516. The molecule has 172 valence electrons. The van der Waals surface area contributed by atoms with Gasteiger partial charge in [-0.15, -0.1) is 0 Å². The minimum atomic E-state index is -0.0876. The van der Waals surface area contributed by atoms with Crippen molar-refractivity contribution in [1.29, 1.82) is 0 Å². The fourth-order valence-electron chi connectivity index (χ4n) is 4.74. The lowest BCUT2D eigenvalue weighted by Gasteiger charge is -2.24. The van der Waals surface area contributed by atoms with Crippen molar-refractivity contribution in [2.45, 2.75) is 27.7 Å². The molecule has 0 radical (unpaired) electrons. The van der Waals surface area contributed by atoms with Crippen molar-refractivity contribution in [3.63, 3.8) is 0 Å². The summed E-state index contributed by atoms with van der Waals surface area (Å²) in [5.41, 5.74) is 4.58. The Hall–Kier alpha value is -3.92. The lowest BCUT2D eigenvalue weighted by atomic mass is 9.79. The van der Waals surface area contributed by atoms with Gasteiger partial charge in [0.2, 0.25) is 0 Å². The summed E-state index contributed by atoms with van der Waals surface area (Å²) in [6, 6.07) is 15.6. The topological polar surface area (TPSA) is 52.6 Å². The maximum atomic E-state index is 5.49. The van der Waals surface area contributed by atoms with E-state index < -0.39 is 0 Å². The molecule has 2 aliphatic carbocycles. The number of hydrogen-bond acceptors (Lipinski definition) is 4. The fourth-order valence-corrected chi connectivity index (χ4v) is 4.74. The van der Waals surface area contributed by atoms with Crippen molar-refractivity contribution in [2.75, 3.05) is 0 Å². The Bertz CT molecular complexity index is 1140. The van der Waals surface area contributed by atoms with Crippen LogP contribution in [0.4, 0.5) is 0 Å². The predicted octanol–water partition coefficient (Wildman–Crippen LogP) is 8.76. The summed E-state index contributed by atoms with van der Waals surface area (Å²) in [4.78, 5) is 0. The molecule has 0 saturated heterocycles. The van der Waals surface area contributed by atoms with Gasteiger partial charge in [0.15, 0.2) is 0 Å². The van der Waals surface area contributed by atoms with Gasteiger partial charge in [0, 0.05) is 33.1 Å². The number of rotatable bonds is 4. The first-order valence-electron chi connectivity index (χ1n) is 11.4. The molecule has 0 aliphatic heterocycles. The zero-order valence-electron chi connectivity index (χ0n) is 19.9. The fraction of sp³-hybridized carbons (Fsp3) is 0.200. The Morgan fingerprint density at radius 2 is 0.647 bits per heavy atom. The summed E-state index contributed by atoms with van der Waals surface area (Å²) in [5.74, 6) is 3.70. The van der Waals surface area contributed by atoms with E-state index in [0.29, 0.717) is 0 Å². The Labute approximate surface area is 199 Å². The summed E-state index contributed by atoms with van der Waals surface area (Å²) >= 11 is 0. The molecular weight excluding hydrogens is 424 g/mol. The van der Waals surface area contributed by atoms with Crippen LogP contribution in [0.1, 0.15) is 50.7 Å². The second-order valence-electron chi connectivity index (χ2n) is 9.48. The first kappa shape index (κ1) is 21.9. The lowest BCUT2D eigenvalue weighted by Crippen LogP contribution is -2.12. The Balaban J connectivity index is 0.000000142. The molecule has 4 heteroatoms. The minimum Gasteiger partial charge on any atom is -0.465 e. The van der Waals surface area contributed by atoms with Crippen LogP contribution in [0.15, 0.2) is 116 Å². The molecule has 0 saturated carbocycles. The van der Waals surface area contributed by atoms with Crippen LogP contribution >= 0.6 is 0 Å². The summed E-state index contributed by atoms with van der Waals surface area (Å²) in [7, 11) is 0. The van der Waals surface area contributed by atoms with Crippen LogP contribution in [0.25, 0.3) is 22.3 Å². The van der Waals surface area contributed by atoms with Crippen molar-refractivity contribution < 1.29 is 17.7 Å². The van der Waals surface area contributed by atoms with Crippen LogP contribution < -0.4 is 0 Å². The van der Waals surface area contributed by atoms with Gasteiger partial charge < -0.3 is 17.7 Å². The molecule has 0 N–H and O–H groups in total. The van der Waals surface area contributed by atoms with E-state index in [-0.39, 0.29) is 10.8 Å². The number of furan rings is 4. The molecule has 0 amide bonds. The van der Waals surface area contributed by atoms with Gasteiger partial charge >= 0.3 is 0 Å². The first-order chi connectivity index (χ1) is 16.4. The van der Waals surface area contributed by atoms with Gasteiger partial charge in [-0.3, -0.25) is 0 Å². The predicted molar refractivity (Wildman–Crippen MR) is 134 cm³/mol. The Kier molecular flexibility index (Phi) is 5.45. The third-order valence-corrected chi connectivity index (χ3v) is 6.67. The molecule has 4 aromatic rings. The quantitative estimate of drug-likeness (QED) is 0.310. The van der Waals surface area contributed by atoms with Crippen molar-refractivity contribution >= 4 is 22.3 Å². The molecule has 0 aromatic carbocycles. The second-order valence-corrected chi connectivity index (χ2v) is 9.48. The highest BCUT2D eigenvalue weighted by Gasteiger charge is 2.36. The van der Waals surface area contributed by atoms with E-state index in [0.717, 1.165) is 23.0 Å². The second kappa shape index (κ2) is 8.45. The third kappa shape index (κ3) is 3.75. The van der Waals surface area contributed by atoms with Crippen LogP contribution in [0.2, 0.25) is 0 Å². The van der Waals surface area contributed by atoms with E-state index in [1.54, 1.807) is 25.1 Å². The molecule has 0 fully saturated rings. The zero-order valence-corrected chi connectivity index (χ0v) is 19.9. The molecule has 6 rings (SSSR count). The Morgan fingerprint density at radius 3 is 0.824 bits per heavy atom. The normalized spacial score (nSPS) is 18.0. The van der Waals surface area contributed by atoms with Crippen molar-refractivity contribution in [3.05, 3.63) is 121 Å². The van der Waals surface area contributed by atoms with Crippen LogP contribution in [-0.4, -0.2) is 0 Å². The van der Waals surface area contributed by atoms with Crippen LogP contribution in [0, 0.1) is 10.8 Å². The molecule has 4 heterocycles. The van der Waals surface area contributed by atoms with Gasteiger partial charge in [0.05, 0.1) is 25.1 Å². The summed E-state index contributed by atoms with van der Waals surface area (Å²) < 4.78 is 21.9. The maximum absolute atomic E-state index is 5.49. The smallest absolute Gasteiger partial charge is 0.130 e. The molecule has 4 nitrogen and oxygen atoms in total. The van der Waals surface area contributed by atoms with Gasteiger partial charge in [0.1, 0.15) is 23.0 Å². The molecule has 34 heavy (non-hydrogen) atoms. The van der Waals surface area contributed by atoms with E-state index in [2.05, 4.69) is 52.0 Å². The van der Waals surface area contributed by atoms with E-state index in [1.807, 2.05) is 48.5 Å². The van der Waals surface area contributed by atoms with Crippen molar-refractivity contribution in [3.8, 4) is 0 Å². The SMILES string of the molecule is CC1(C)C(c2ccco2)=CC=C1c1ccco1.CC1(C)C(c2ccco2)=CC=C1c1ccco1. The molecule has 0 unspecified atom stereocenters. The zero-order chi connectivity index (χ0) is 23.8. The average molecular weight is 453 g/mol. The summed E-state index contributed by atoms with van der Waals surface area (Å²) in [5, 5.41) is 0. The maximum Gasteiger partial charge on any atom is 0.130 e. The van der Waals surface area contributed by atoms with Gasteiger partial charge in [-0.25, -0.2) is 0 Å². The average Bonchev–Trinajstić information content (AvgIpc) is 3.60. The highest BCUT2D eigenvalue weighted by Crippen LogP contribution is 2.50. The molecule has 0 atom stereocenters. The molecule has 2 aliphatic rings. The standard InChI is InChI=1S/2C15H14O2/c2*1-15(2)11(13-5-3-9-16-13)7-8-12(15)14-6-4-10-17-14/h2*3-10H,1-2H3. The van der Waals surface area contributed by atoms with Crippen LogP contribution in [-0.2, 0) is 0 Å². The van der Waals surface area contributed by atoms with Crippen molar-refractivity contribution in [2.24, 2.45) is 10.8 Å². The Morgan fingerprint density at radius 1 is 0.412 bits per heavy atom. The van der Waals surface area contributed by atoms with Crippen LogP contribution in [0.5, 0.6) is 0 Å². The number of allylic oxidation sites excluding steroid dienone is 8. The van der Waals surface area contributed by atoms with Gasteiger partial charge in [-0.2, -0.15) is 0 Å². The van der Waals surface area contributed by atoms with E-state index >= 15 is 0 Å². The largest absolute Gasteiger partial charge is 0.465 e. The van der Waals surface area contributed by atoms with Crippen LogP contribution in [0.3, 0.4) is 0 Å². The molecule has 4 aromatic heterocycles. The summed E-state index contributed by atoms with van der Waals surface area (Å²) in [6.45, 7) is 8.73. The first-order valence-corrected chi connectivity index (χ1v) is 11.4. The third-order valence-electron chi connectivity index (χ3n) is 6.67. The highest BCUT2D eigenvalue weighted by molar-refractivity contribution is 5.90. The number of hydrogen-bond donors (Lipinski definition) is 0. The molecule has 0 spiro atoms. The van der Waals surface area contributed by atoms with Gasteiger partial charge in [-0.1, -0.05) is 52.0 Å². The van der Waals surface area contributed by atoms with E-state index in [1.165, 1.54) is 22.3 Å². The van der Waals surface area contributed by atoms with Gasteiger partial charge in [0.25, 0.3) is 0 Å². The monoisotopic (exact) mass is 452 g/mol. The van der Waals surface area contributed by atoms with Gasteiger partial charge in [-0.05, 0) is 48.5 Å². The molecular formula is C30H28O4. The van der Waals surface area contributed by atoms with E-state index in [9.17, 15) is 0 Å². The minimum absolute atomic E-state index is 0.0876.